The van der Waals surface area contributed by atoms with E-state index in [1.54, 1.807) is 16.9 Å². The molecule has 0 atom stereocenters. The van der Waals surface area contributed by atoms with E-state index in [1.807, 2.05) is 43.3 Å². The molecule has 3 aromatic rings. The molecule has 0 aliphatic rings. The number of ether oxygens (including phenoxy) is 1. The topological polar surface area (TPSA) is 56.1 Å². The summed E-state index contributed by atoms with van der Waals surface area (Å²) in [6.45, 7) is 6.79. The predicted octanol–water partition coefficient (Wildman–Crippen LogP) is 4.38. The predicted molar refractivity (Wildman–Crippen MR) is 107 cm³/mol. The summed E-state index contributed by atoms with van der Waals surface area (Å²) in [4.78, 5) is 12.4. The van der Waals surface area contributed by atoms with Gasteiger partial charge < -0.3 is 10.1 Å². The van der Waals surface area contributed by atoms with Crippen molar-refractivity contribution in [3.63, 3.8) is 0 Å². The Morgan fingerprint density at radius 1 is 1.15 bits per heavy atom. The maximum atomic E-state index is 12.4. The second-order valence-corrected chi connectivity index (χ2v) is 6.89. The number of anilines is 1. The van der Waals surface area contributed by atoms with Gasteiger partial charge in [0.1, 0.15) is 11.6 Å². The first-order chi connectivity index (χ1) is 13.0. The SMILES string of the molecule is Cc1ccc(C(C)C)c(OCC(=O)Nc2ccnn2Cc2ccccc2)c1. The third-order valence-corrected chi connectivity index (χ3v) is 4.31. The molecule has 1 amide bonds. The van der Waals surface area contributed by atoms with Gasteiger partial charge in [0.25, 0.3) is 5.91 Å². The molecule has 27 heavy (non-hydrogen) atoms. The number of benzene rings is 2. The van der Waals surface area contributed by atoms with Crippen molar-refractivity contribution in [1.82, 2.24) is 9.78 Å². The smallest absolute Gasteiger partial charge is 0.263 e. The van der Waals surface area contributed by atoms with E-state index in [2.05, 4.69) is 36.4 Å². The van der Waals surface area contributed by atoms with Crippen LogP contribution in [0, 0.1) is 6.92 Å². The standard InChI is InChI=1S/C22H25N3O2/c1-16(2)19-10-9-17(3)13-20(19)27-15-22(26)24-21-11-12-23-25(21)14-18-7-5-4-6-8-18/h4-13,16H,14-15H2,1-3H3,(H,24,26). The lowest BCUT2D eigenvalue weighted by Crippen LogP contribution is -2.22. The van der Waals surface area contributed by atoms with Crippen LogP contribution in [0.1, 0.15) is 36.5 Å². The van der Waals surface area contributed by atoms with Crippen molar-refractivity contribution in [3.05, 3.63) is 77.5 Å². The lowest BCUT2D eigenvalue weighted by atomic mass is 10.0. The van der Waals surface area contributed by atoms with Crippen molar-refractivity contribution in [1.29, 1.82) is 0 Å². The maximum absolute atomic E-state index is 12.4. The van der Waals surface area contributed by atoms with E-state index in [-0.39, 0.29) is 12.5 Å². The van der Waals surface area contributed by atoms with Crippen molar-refractivity contribution in [2.24, 2.45) is 0 Å². The number of rotatable bonds is 7. The molecule has 2 aromatic carbocycles. The molecule has 0 fully saturated rings. The van der Waals surface area contributed by atoms with Crippen LogP contribution < -0.4 is 10.1 Å². The normalized spacial score (nSPS) is 10.8. The van der Waals surface area contributed by atoms with Crippen molar-refractivity contribution in [2.45, 2.75) is 33.2 Å². The zero-order chi connectivity index (χ0) is 19.2. The Hall–Kier alpha value is -3.08. The molecule has 3 rings (SSSR count). The highest BCUT2D eigenvalue weighted by Gasteiger charge is 2.12. The Morgan fingerprint density at radius 2 is 1.93 bits per heavy atom. The zero-order valence-electron chi connectivity index (χ0n) is 16.0. The molecule has 0 radical (unpaired) electrons. The van der Waals surface area contributed by atoms with Crippen LogP contribution in [-0.4, -0.2) is 22.3 Å². The van der Waals surface area contributed by atoms with Gasteiger partial charge in [-0.05, 0) is 35.6 Å². The Labute approximate surface area is 160 Å². The molecule has 1 aromatic heterocycles. The minimum atomic E-state index is -0.207. The molecule has 0 bridgehead atoms. The summed E-state index contributed by atoms with van der Waals surface area (Å²) in [7, 11) is 0. The molecule has 0 unspecified atom stereocenters. The monoisotopic (exact) mass is 363 g/mol. The maximum Gasteiger partial charge on any atom is 0.263 e. The number of carbonyl (C=O) groups excluding carboxylic acids is 1. The fourth-order valence-corrected chi connectivity index (χ4v) is 2.89. The van der Waals surface area contributed by atoms with Crippen molar-refractivity contribution in [2.75, 3.05) is 11.9 Å². The van der Waals surface area contributed by atoms with Crippen LogP contribution >= 0.6 is 0 Å². The first-order valence-electron chi connectivity index (χ1n) is 9.12. The van der Waals surface area contributed by atoms with Gasteiger partial charge in [-0.25, -0.2) is 4.68 Å². The van der Waals surface area contributed by atoms with Crippen LogP contribution in [0.25, 0.3) is 0 Å². The van der Waals surface area contributed by atoms with Gasteiger partial charge in [0.2, 0.25) is 0 Å². The molecule has 0 saturated heterocycles. The van der Waals surface area contributed by atoms with Crippen molar-refractivity contribution >= 4 is 11.7 Å². The average Bonchev–Trinajstić information content (AvgIpc) is 3.07. The van der Waals surface area contributed by atoms with Crippen LogP contribution in [0.5, 0.6) is 5.75 Å². The Morgan fingerprint density at radius 3 is 2.67 bits per heavy atom. The van der Waals surface area contributed by atoms with Gasteiger partial charge in [0.05, 0.1) is 12.7 Å². The zero-order valence-corrected chi connectivity index (χ0v) is 16.0. The highest BCUT2D eigenvalue weighted by Crippen LogP contribution is 2.27. The van der Waals surface area contributed by atoms with Crippen LogP contribution in [0.15, 0.2) is 60.8 Å². The van der Waals surface area contributed by atoms with Gasteiger partial charge in [-0.1, -0.05) is 56.3 Å². The lowest BCUT2D eigenvalue weighted by molar-refractivity contribution is -0.118. The Balaban J connectivity index is 1.63. The highest BCUT2D eigenvalue weighted by atomic mass is 16.5. The molecular formula is C22H25N3O2. The number of amides is 1. The van der Waals surface area contributed by atoms with Gasteiger partial charge >= 0.3 is 0 Å². The highest BCUT2D eigenvalue weighted by molar-refractivity contribution is 5.91. The number of hydrogen-bond acceptors (Lipinski definition) is 3. The second kappa shape index (κ2) is 8.54. The quantitative estimate of drug-likeness (QED) is 0.678. The van der Waals surface area contributed by atoms with Crippen LogP contribution in [0.3, 0.4) is 0 Å². The number of aromatic nitrogens is 2. The van der Waals surface area contributed by atoms with Gasteiger partial charge in [-0.2, -0.15) is 5.10 Å². The minimum absolute atomic E-state index is 0.0420. The number of nitrogens with zero attached hydrogens (tertiary/aromatic N) is 2. The molecule has 0 spiro atoms. The number of aryl methyl sites for hydroxylation is 1. The van der Waals surface area contributed by atoms with E-state index < -0.39 is 0 Å². The van der Waals surface area contributed by atoms with Crippen LogP contribution in [0.2, 0.25) is 0 Å². The molecule has 140 valence electrons. The van der Waals surface area contributed by atoms with E-state index >= 15 is 0 Å². The number of carbonyl (C=O) groups is 1. The van der Waals surface area contributed by atoms with E-state index in [0.29, 0.717) is 18.3 Å². The van der Waals surface area contributed by atoms with Gasteiger partial charge in [-0.3, -0.25) is 4.79 Å². The van der Waals surface area contributed by atoms with Gasteiger partial charge in [0, 0.05) is 6.07 Å². The molecule has 0 aliphatic carbocycles. The summed E-state index contributed by atoms with van der Waals surface area (Å²) < 4.78 is 7.57. The molecule has 1 N–H and O–H groups in total. The molecule has 1 heterocycles. The number of nitrogens with one attached hydrogen (secondary N) is 1. The van der Waals surface area contributed by atoms with E-state index in [9.17, 15) is 4.79 Å². The average molecular weight is 363 g/mol. The molecular weight excluding hydrogens is 338 g/mol. The third-order valence-electron chi connectivity index (χ3n) is 4.31. The fourth-order valence-electron chi connectivity index (χ4n) is 2.89. The summed E-state index contributed by atoms with van der Waals surface area (Å²) in [5.74, 6) is 1.54. The van der Waals surface area contributed by atoms with Crippen molar-refractivity contribution < 1.29 is 9.53 Å². The van der Waals surface area contributed by atoms with E-state index in [1.165, 1.54) is 0 Å². The summed E-state index contributed by atoms with van der Waals surface area (Å²) in [6, 6.07) is 17.9. The van der Waals surface area contributed by atoms with Gasteiger partial charge in [0.15, 0.2) is 6.61 Å². The van der Waals surface area contributed by atoms with Crippen molar-refractivity contribution in [3.8, 4) is 5.75 Å². The van der Waals surface area contributed by atoms with Crippen LogP contribution in [0.4, 0.5) is 5.82 Å². The third kappa shape index (κ3) is 4.97. The summed E-state index contributed by atoms with van der Waals surface area (Å²) in [5, 5.41) is 7.17. The lowest BCUT2D eigenvalue weighted by Gasteiger charge is -2.15. The largest absolute Gasteiger partial charge is 0.483 e. The van der Waals surface area contributed by atoms with E-state index in [4.69, 9.17) is 4.74 Å². The molecule has 0 saturated carbocycles. The number of hydrogen-bond donors (Lipinski definition) is 1. The van der Waals surface area contributed by atoms with Gasteiger partial charge in [-0.15, -0.1) is 0 Å². The summed E-state index contributed by atoms with van der Waals surface area (Å²) in [6.07, 6.45) is 1.68. The minimum Gasteiger partial charge on any atom is -0.483 e. The first-order valence-corrected chi connectivity index (χ1v) is 9.12. The molecule has 0 aliphatic heterocycles. The second-order valence-electron chi connectivity index (χ2n) is 6.89. The fraction of sp³-hybridized carbons (Fsp3) is 0.273. The molecule has 5 nitrogen and oxygen atoms in total. The molecule has 5 heteroatoms. The summed E-state index contributed by atoms with van der Waals surface area (Å²) >= 11 is 0. The Kier molecular flexibility index (Phi) is 5.91. The van der Waals surface area contributed by atoms with Crippen LogP contribution in [-0.2, 0) is 11.3 Å². The Bertz CT molecular complexity index is 901. The summed E-state index contributed by atoms with van der Waals surface area (Å²) in [5.41, 5.74) is 3.33. The first kappa shape index (κ1) is 18.7. The van der Waals surface area contributed by atoms with E-state index in [0.717, 1.165) is 22.4 Å².